The van der Waals surface area contributed by atoms with E-state index in [2.05, 4.69) is 63.8 Å². The standard InChI is InChI=1S/2C18H30F2NSi.2C5H5.Ti/c2*1-5-7-9-11-16(10-8-6-2)22(3,4)21-18-13-12-15(19)14-17(18)20;2*1-2-4-5-3-1;/h2*12-13,16,21H,5-11H2,1-4H3;2*1-3H,4H2;. The molecule has 0 bridgehead atoms. The van der Waals surface area contributed by atoms with E-state index in [1.54, 1.807) is 0 Å². The Kier molecular flexibility index (Phi) is 17.4. The van der Waals surface area contributed by atoms with Crippen molar-refractivity contribution in [3.63, 3.8) is 0 Å². The molecular formula is C46H70F4N2Si2Ti. The molecule has 0 fully saturated rings. The average Bonchev–Trinajstić information content (AvgIpc) is 3.89. The summed E-state index contributed by atoms with van der Waals surface area (Å²) in [4.78, 5) is 7.36. The molecule has 2 N–H and O–H groups in total. The number of nitrogens with one attached hydrogen (secondary N) is 2. The molecule has 0 heterocycles. The maximum absolute atomic E-state index is 17.8. The Morgan fingerprint density at radius 2 is 0.909 bits per heavy atom. The number of hydrogen-bond acceptors (Lipinski definition) is 2. The molecule has 0 saturated carbocycles. The molecule has 0 radical (unpaired) electrons. The van der Waals surface area contributed by atoms with Gasteiger partial charge >= 0.3 is 339 Å². The molecular weight excluding hydrogens is 761 g/mol. The molecule has 2 aromatic rings. The van der Waals surface area contributed by atoms with Gasteiger partial charge in [0.25, 0.3) is 0 Å². The van der Waals surface area contributed by atoms with Crippen LogP contribution in [-0.4, -0.2) is 16.5 Å². The van der Waals surface area contributed by atoms with Gasteiger partial charge in [-0.15, -0.1) is 0 Å². The molecule has 304 valence electrons. The summed E-state index contributed by atoms with van der Waals surface area (Å²) in [6.07, 6.45) is 27.7. The molecule has 2 nitrogen and oxygen atoms in total. The summed E-state index contributed by atoms with van der Waals surface area (Å²) in [7, 11) is -4.65. The topological polar surface area (TPSA) is 24.1 Å². The zero-order valence-electron chi connectivity index (χ0n) is 35.3. The molecule has 2 unspecified atom stereocenters. The zero-order valence-corrected chi connectivity index (χ0v) is 38.8. The minimum atomic E-state index is -4.99. The van der Waals surface area contributed by atoms with Crippen molar-refractivity contribution in [2.75, 3.05) is 9.96 Å². The van der Waals surface area contributed by atoms with Crippen molar-refractivity contribution in [1.82, 2.24) is 0 Å². The molecule has 0 aromatic heterocycles. The van der Waals surface area contributed by atoms with E-state index in [1.165, 1.54) is 24.3 Å². The molecule has 2 aliphatic carbocycles. The normalized spacial score (nSPS) is 15.7. The van der Waals surface area contributed by atoms with E-state index in [0.29, 0.717) is 23.9 Å². The predicted molar refractivity (Wildman–Crippen MR) is 233 cm³/mol. The van der Waals surface area contributed by atoms with E-state index in [-0.39, 0.29) is 19.1 Å². The zero-order chi connectivity index (χ0) is 40.2. The summed E-state index contributed by atoms with van der Waals surface area (Å²) in [5, 5.41) is 0. The Balaban J connectivity index is 1.93. The molecule has 0 saturated heterocycles. The average molecular weight is 831 g/mol. The number of benzene rings is 2. The molecule has 0 spiro atoms. The Morgan fingerprint density at radius 3 is 1.24 bits per heavy atom. The van der Waals surface area contributed by atoms with E-state index >= 15 is 17.6 Å². The summed E-state index contributed by atoms with van der Waals surface area (Å²) in [5.74, 6) is -2.83. The van der Waals surface area contributed by atoms with Crippen molar-refractivity contribution >= 4 is 35.6 Å². The maximum atomic E-state index is 17.8. The van der Waals surface area contributed by atoms with Crippen molar-refractivity contribution in [2.24, 2.45) is 0 Å². The van der Waals surface area contributed by atoms with Crippen LogP contribution in [0.25, 0.3) is 0 Å². The second-order valence-corrected chi connectivity index (χ2v) is 32.3. The van der Waals surface area contributed by atoms with Gasteiger partial charge < -0.3 is 0 Å². The van der Waals surface area contributed by atoms with E-state index in [0.717, 1.165) is 97.6 Å². The first-order valence-electron chi connectivity index (χ1n) is 21.6. The number of hydrogen-bond donors (Lipinski definition) is 2. The van der Waals surface area contributed by atoms with E-state index in [1.807, 2.05) is 36.5 Å². The predicted octanol–water partition coefficient (Wildman–Crippen LogP) is 14.6. The van der Waals surface area contributed by atoms with Crippen molar-refractivity contribution in [2.45, 2.75) is 168 Å². The molecule has 2 aromatic carbocycles. The van der Waals surface area contributed by atoms with Crippen LogP contribution in [0.3, 0.4) is 0 Å². The summed E-state index contributed by atoms with van der Waals surface area (Å²) in [6.45, 7) is 17.8. The van der Waals surface area contributed by atoms with E-state index < -0.39 is 56.3 Å². The van der Waals surface area contributed by atoms with Crippen LogP contribution >= 0.6 is 0 Å². The summed E-state index contributed by atoms with van der Waals surface area (Å²) < 4.78 is 70.7. The van der Waals surface area contributed by atoms with E-state index in [9.17, 15) is 0 Å². The van der Waals surface area contributed by atoms with Crippen LogP contribution < -0.4 is 17.7 Å². The van der Waals surface area contributed by atoms with Crippen LogP contribution in [0, 0.1) is 23.3 Å². The van der Waals surface area contributed by atoms with Crippen molar-refractivity contribution in [1.29, 1.82) is 0 Å². The summed E-state index contributed by atoms with van der Waals surface area (Å²) in [5.41, 5.74) is 1.34. The van der Waals surface area contributed by atoms with Gasteiger partial charge in [-0.3, -0.25) is 0 Å². The SMILES string of the molecule is CCCCCC(CCCC)[Si](C)(C)Nc1ccc(F)[c]([Ti]([C]2=CC=CC2)([C]2=CC=CC2)[c]2c(F)ccc(N[Si](C)(C)C(CCCC)CCCCC)c2F)c1F. The molecule has 2 atom stereocenters. The third-order valence-electron chi connectivity index (χ3n) is 12.5. The van der Waals surface area contributed by atoms with Gasteiger partial charge in [0.1, 0.15) is 0 Å². The molecule has 0 aliphatic heterocycles. The summed E-state index contributed by atoms with van der Waals surface area (Å²) >= 11 is -4.99. The van der Waals surface area contributed by atoms with Crippen LogP contribution in [0.2, 0.25) is 37.3 Å². The van der Waals surface area contributed by atoms with Crippen LogP contribution in [0.4, 0.5) is 28.9 Å². The molecule has 55 heavy (non-hydrogen) atoms. The van der Waals surface area contributed by atoms with Crippen molar-refractivity contribution in [3.8, 4) is 0 Å². The molecule has 0 amide bonds. The second kappa shape index (κ2) is 21.0. The van der Waals surface area contributed by atoms with Gasteiger partial charge in [0, 0.05) is 0 Å². The van der Waals surface area contributed by atoms with Crippen LogP contribution in [0.15, 0.2) is 68.5 Å². The molecule has 9 heteroatoms. The Hall–Kier alpha value is -2.13. The monoisotopic (exact) mass is 830 g/mol. The summed E-state index contributed by atoms with van der Waals surface area (Å²) in [6, 6.07) is 5.74. The first-order valence-corrected chi connectivity index (χ1v) is 30.8. The Bertz CT molecular complexity index is 1580. The van der Waals surface area contributed by atoms with E-state index in [4.69, 9.17) is 0 Å². The number of allylic oxidation sites excluding steroid dienone is 8. The van der Waals surface area contributed by atoms with Gasteiger partial charge in [-0.05, 0) is 0 Å². The number of rotatable bonds is 24. The fourth-order valence-corrected chi connectivity index (χ4v) is 23.4. The van der Waals surface area contributed by atoms with Crippen LogP contribution in [0.1, 0.15) is 130 Å². The molecule has 2 aliphatic rings. The van der Waals surface area contributed by atoms with Crippen molar-refractivity contribution < 1.29 is 34.2 Å². The van der Waals surface area contributed by atoms with Crippen LogP contribution in [0.5, 0.6) is 0 Å². The van der Waals surface area contributed by atoms with Gasteiger partial charge in [0.05, 0.1) is 0 Å². The van der Waals surface area contributed by atoms with Gasteiger partial charge in [-0.2, -0.15) is 0 Å². The number of halogens is 4. The fourth-order valence-electron chi connectivity index (χ4n) is 9.22. The minimum absolute atomic E-state index is 0.123. The van der Waals surface area contributed by atoms with Crippen molar-refractivity contribution in [3.05, 3.63) is 91.7 Å². The fraction of sp³-hybridized carbons (Fsp3) is 0.565. The third-order valence-corrected chi connectivity index (χ3v) is 27.5. The van der Waals surface area contributed by atoms with Crippen LogP contribution in [-0.2, 0) is 16.6 Å². The Morgan fingerprint density at radius 1 is 0.545 bits per heavy atom. The van der Waals surface area contributed by atoms with Gasteiger partial charge in [-0.1, -0.05) is 0 Å². The third kappa shape index (κ3) is 10.7. The quantitative estimate of drug-likeness (QED) is 0.0626. The number of unbranched alkanes of at least 4 members (excludes halogenated alkanes) is 6. The Labute approximate surface area is 337 Å². The first-order chi connectivity index (χ1) is 26.3. The second-order valence-electron chi connectivity index (χ2n) is 17.3. The van der Waals surface area contributed by atoms with Gasteiger partial charge in [-0.25, -0.2) is 0 Å². The van der Waals surface area contributed by atoms with Gasteiger partial charge in [0.2, 0.25) is 0 Å². The first kappa shape index (κ1) is 45.6. The van der Waals surface area contributed by atoms with Gasteiger partial charge in [0.15, 0.2) is 0 Å². The number of anilines is 2. The molecule has 4 rings (SSSR count).